The van der Waals surface area contributed by atoms with Gasteiger partial charge in [-0.1, -0.05) is 23.2 Å². The van der Waals surface area contributed by atoms with E-state index in [2.05, 4.69) is 10.3 Å². The van der Waals surface area contributed by atoms with Crippen molar-refractivity contribution in [1.29, 1.82) is 0 Å². The van der Waals surface area contributed by atoms with E-state index in [0.717, 1.165) is 0 Å². The lowest BCUT2D eigenvalue weighted by atomic mass is 10.2. The van der Waals surface area contributed by atoms with E-state index in [4.69, 9.17) is 37.1 Å². The number of anilines is 1. The Bertz CT molecular complexity index is 956. The predicted octanol–water partition coefficient (Wildman–Crippen LogP) is 4.92. The standard InChI is InChI=1S/C18H14Cl2N2O4/c1-24-11-4-6-14(16(8-11)25-2)21-17(23)15-9-26-18(22-15)10-3-5-12(19)13(20)7-10/h3-9H,1-2H3,(H,21,23). The van der Waals surface area contributed by atoms with E-state index in [9.17, 15) is 4.79 Å². The molecule has 8 heteroatoms. The van der Waals surface area contributed by atoms with Crippen LogP contribution in [0.15, 0.2) is 47.1 Å². The topological polar surface area (TPSA) is 73.6 Å². The molecule has 26 heavy (non-hydrogen) atoms. The zero-order valence-corrected chi connectivity index (χ0v) is 15.4. The largest absolute Gasteiger partial charge is 0.497 e. The molecule has 6 nitrogen and oxygen atoms in total. The molecule has 1 aromatic heterocycles. The third kappa shape index (κ3) is 3.76. The first-order chi connectivity index (χ1) is 12.5. The van der Waals surface area contributed by atoms with Gasteiger partial charge < -0.3 is 19.2 Å². The van der Waals surface area contributed by atoms with Crippen LogP contribution in [0.1, 0.15) is 10.5 Å². The lowest BCUT2D eigenvalue weighted by Gasteiger charge is -2.10. The van der Waals surface area contributed by atoms with E-state index in [1.54, 1.807) is 43.5 Å². The summed E-state index contributed by atoms with van der Waals surface area (Å²) in [6.45, 7) is 0. The molecular formula is C18H14Cl2N2O4. The van der Waals surface area contributed by atoms with Crippen LogP contribution in [-0.2, 0) is 0 Å². The highest BCUT2D eigenvalue weighted by atomic mass is 35.5. The molecule has 0 radical (unpaired) electrons. The molecule has 0 atom stereocenters. The highest BCUT2D eigenvalue weighted by Crippen LogP contribution is 2.30. The number of rotatable bonds is 5. The fourth-order valence-electron chi connectivity index (χ4n) is 2.23. The Morgan fingerprint density at radius 1 is 1.08 bits per heavy atom. The van der Waals surface area contributed by atoms with E-state index in [0.29, 0.717) is 32.8 Å². The van der Waals surface area contributed by atoms with E-state index in [1.165, 1.54) is 13.4 Å². The van der Waals surface area contributed by atoms with E-state index in [-0.39, 0.29) is 11.6 Å². The van der Waals surface area contributed by atoms with E-state index >= 15 is 0 Å². The summed E-state index contributed by atoms with van der Waals surface area (Å²) in [6, 6.07) is 10.0. The van der Waals surface area contributed by atoms with Crippen LogP contribution >= 0.6 is 23.2 Å². The quantitative estimate of drug-likeness (QED) is 0.666. The number of aromatic nitrogens is 1. The van der Waals surface area contributed by atoms with Gasteiger partial charge in [0.2, 0.25) is 5.89 Å². The number of nitrogens with one attached hydrogen (secondary N) is 1. The number of halogens is 2. The highest BCUT2D eigenvalue weighted by Gasteiger charge is 2.16. The number of methoxy groups -OCH3 is 2. The van der Waals surface area contributed by atoms with E-state index in [1.807, 2.05) is 0 Å². The van der Waals surface area contributed by atoms with Crippen LogP contribution in [0.4, 0.5) is 5.69 Å². The number of nitrogens with zero attached hydrogens (tertiary/aromatic N) is 1. The van der Waals surface area contributed by atoms with Crippen LogP contribution in [0.5, 0.6) is 11.5 Å². The SMILES string of the molecule is COc1ccc(NC(=O)c2coc(-c3ccc(Cl)c(Cl)c3)n2)c(OC)c1. The fourth-order valence-corrected chi connectivity index (χ4v) is 2.53. The zero-order valence-electron chi connectivity index (χ0n) is 13.9. The van der Waals surface area contributed by atoms with Gasteiger partial charge in [0.05, 0.1) is 30.0 Å². The third-order valence-corrected chi connectivity index (χ3v) is 4.30. The molecule has 134 valence electrons. The zero-order chi connectivity index (χ0) is 18.7. The van der Waals surface area contributed by atoms with Gasteiger partial charge in [-0.3, -0.25) is 4.79 Å². The summed E-state index contributed by atoms with van der Waals surface area (Å²) in [5.41, 5.74) is 1.21. The first kappa shape index (κ1) is 18.1. The molecule has 3 rings (SSSR count). The molecule has 1 N–H and O–H groups in total. The van der Waals surface area contributed by atoms with Crippen molar-refractivity contribution < 1.29 is 18.7 Å². The Kier molecular flexibility index (Phi) is 5.35. The number of carbonyl (C=O) groups excluding carboxylic acids is 1. The molecule has 0 spiro atoms. The molecule has 0 bridgehead atoms. The van der Waals surface area contributed by atoms with Gasteiger partial charge in [0.15, 0.2) is 5.69 Å². The average molecular weight is 393 g/mol. The highest BCUT2D eigenvalue weighted by molar-refractivity contribution is 6.42. The Morgan fingerprint density at radius 2 is 1.88 bits per heavy atom. The number of hydrogen-bond acceptors (Lipinski definition) is 5. The summed E-state index contributed by atoms with van der Waals surface area (Å²) in [7, 11) is 3.05. The maximum Gasteiger partial charge on any atom is 0.277 e. The minimum absolute atomic E-state index is 0.115. The number of benzene rings is 2. The lowest BCUT2D eigenvalue weighted by molar-refractivity contribution is 0.102. The molecule has 0 fully saturated rings. The number of hydrogen-bond donors (Lipinski definition) is 1. The van der Waals surface area contributed by atoms with Crippen LogP contribution in [0.25, 0.3) is 11.5 Å². The van der Waals surface area contributed by atoms with Crippen molar-refractivity contribution in [3.8, 4) is 23.0 Å². The summed E-state index contributed by atoms with van der Waals surface area (Å²) in [6.07, 6.45) is 1.27. The minimum Gasteiger partial charge on any atom is -0.497 e. The smallest absolute Gasteiger partial charge is 0.277 e. The number of carbonyl (C=O) groups is 1. The van der Waals surface area contributed by atoms with Crippen molar-refractivity contribution in [3.05, 3.63) is 58.4 Å². The van der Waals surface area contributed by atoms with Crippen molar-refractivity contribution in [3.63, 3.8) is 0 Å². The molecule has 0 saturated heterocycles. The molecule has 3 aromatic rings. The van der Waals surface area contributed by atoms with Crippen LogP contribution in [0.3, 0.4) is 0 Å². The Balaban J connectivity index is 1.81. The Labute approximate surface area is 159 Å². The Hall–Kier alpha value is -2.70. The maximum absolute atomic E-state index is 12.4. The fraction of sp³-hybridized carbons (Fsp3) is 0.111. The van der Waals surface area contributed by atoms with Crippen LogP contribution in [0, 0.1) is 0 Å². The van der Waals surface area contributed by atoms with Crippen molar-refractivity contribution in [2.45, 2.75) is 0 Å². The molecule has 0 aliphatic rings. The second kappa shape index (κ2) is 7.68. The molecular weight excluding hydrogens is 379 g/mol. The average Bonchev–Trinajstić information content (AvgIpc) is 3.14. The summed E-state index contributed by atoms with van der Waals surface area (Å²) < 4.78 is 15.8. The number of amides is 1. The predicted molar refractivity (Wildman–Crippen MR) is 99.5 cm³/mol. The van der Waals surface area contributed by atoms with Gasteiger partial charge in [0.1, 0.15) is 17.8 Å². The molecule has 0 unspecified atom stereocenters. The molecule has 2 aromatic carbocycles. The third-order valence-electron chi connectivity index (χ3n) is 3.56. The molecule has 1 heterocycles. The van der Waals surface area contributed by atoms with Gasteiger partial charge in [-0.15, -0.1) is 0 Å². The van der Waals surface area contributed by atoms with Crippen LogP contribution < -0.4 is 14.8 Å². The Morgan fingerprint density at radius 3 is 2.58 bits per heavy atom. The van der Waals surface area contributed by atoms with Crippen LogP contribution in [-0.4, -0.2) is 25.1 Å². The van der Waals surface area contributed by atoms with E-state index < -0.39 is 5.91 Å². The van der Waals surface area contributed by atoms with Gasteiger partial charge in [0, 0.05) is 11.6 Å². The van der Waals surface area contributed by atoms with Crippen molar-refractivity contribution >= 4 is 34.8 Å². The van der Waals surface area contributed by atoms with Crippen molar-refractivity contribution in [2.24, 2.45) is 0 Å². The number of ether oxygens (including phenoxy) is 2. The van der Waals surface area contributed by atoms with Crippen molar-refractivity contribution in [2.75, 3.05) is 19.5 Å². The second-order valence-electron chi connectivity index (χ2n) is 5.19. The summed E-state index contributed by atoms with van der Waals surface area (Å²) in [5, 5.41) is 3.52. The second-order valence-corrected chi connectivity index (χ2v) is 6.00. The summed E-state index contributed by atoms with van der Waals surface area (Å²) >= 11 is 11.9. The van der Waals surface area contributed by atoms with Gasteiger partial charge in [-0.05, 0) is 30.3 Å². The van der Waals surface area contributed by atoms with Crippen LogP contribution in [0.2, 0.25) is 10.0 Å². The van der Waals surface area contributed by atoms with Gasteiger partial charge >= 0.3 is 0 Å². The van der Waals surface area contributed by atoms with Crippen molar-refractivity contribution in [1.82, 2.24) is 4.98 Å². The molecule has 0 aliphatic carbocycles. The maximum atomic E-state index is 12.4. The lowest BCUT2D eigenvalue weighted by Crippen LogP contribution is -2.13. The summed E-state index contributed by atoms with van der Waals surface area (Å²) in [4.78, 5) is 16.6. The molecule has 0 aliphatic heterocycles. The molecule has 0 saturated carbocycles. The van der Waals surface area contributed by atoms with Gasteiger partial charge in [-0.2, -0.15) is 0 Å². The first-order valence-electron chi connectivity index (χ1n) is 7.46. The number of oxazole rings is 1. The normalized spacial score (nSPS) is 10.5. The van der Waals surface area contributed by atoms with Gasteiger partial charge in [0.25, 0.3) is 5.91 Å². The van der Waals surface area contributed by atoms with Gasteiger partial charge in [-0.25, -0.2) is 4.98 Å². The monoisotopic (exact) mass is 392 g/mol. The molecule has 1 amide bonds. The minimum atomic E-state index is -0.441. The first-order valence-corrected chi connectivity index (χ1v) is 8.21. The summed E-state index contributed by atoms with van der Waals surface area (Å²) in [5.74, 6) is 0.896.